The van der Waals surface area contributed by atoms with Gasteiger partial charge in [0, 0.05) is 5.39 Å². The van der Waals surface area contributed by atoms with Crippen LogP contribution in [0.4, 0.5) is 0 Å². The van der Waals surface area contributed by atoms with Crippen molar-refractivity contribution in [3.63, 3.8) is 0 Å². The van der Waals surface area contributed by atoms with Crippen molar-refractivity contribution in [3.8, 4) is 55.6 Å². The Morgan fingerprint density at radius 2 is 0.889 bits per heavy atom. The molecular weight excluding hydrogens is 773 g/mol. The average Bonchev–Trinajstić information content (AvgIpc) is 3.56. The Morgan fingerprint density at radius 1 is 0.317 bits per heavy atom. The second-order valence-electron chi connectivity index (χ2n) is 17.9. The Morgan fingerprint density at radius 3 is 1.63 bits per heavy atom. The Hall–Kier alpha value is -7.76. The van der Waals surface area contributed by atoms with Crippen LogP contribution in [0, 0.1) is 12.1 Å². The van der Waals surface area contributed by atoms with Crippen molar-refractivity contribution < 1.29 is 0 Å². The molecule has 0 saturated carbocycles. The van der Waals surface area contributed by atoms with Gasteiger partial charge in [0.2, 0.25) is 0 Å². The molecule has 12 aromatic carbocycles. The monoisotopic (exact) mass is 812 g/mol. The zero-order valence-electron chi connectivity index (χ0n) is 35.1. The Kier molecular flexibility index (Phi) is 7.77. The zero-order chi connectivity index (χ0) is 41.8. The third kappa shape index (κ3) is 5.49. The summed E-state index contributed by atoms with van der Waals surface area (Å²) in [4.78, 5) is 0. The van der Waals surface area contributed by atoms with Gasteiger partial charge in [-0.25, -0.2) is 0 Å². The van der Waals surface area contributed by atoms with E-state index < -0.39 is 8.07 Å². The van der Waals surface area contributed by atoms with Crippen LogP contribution >= 0.6 is 0 Å². The van der Waals surface area contributed by atoms with Gasteiger partial charge in [-0.15, -0.1) is 0 Å². The zero-order valence-corrected chi connectivity index (χ0v) is 36.1. The first-order chi connectivity index (χ1) is 31.0. The molecule has 63 heavy (non-hydrogen) atoms. The van der Waals surface area contributed by atoms with Gasteiger partial charge in [-0.2, -0.15) is 0 Å². The topological polar surface area (TPSA) is 0 Å². The second kappa shape index (κ2) is 13.6. The summed E-state index contributed by atoms with van der Waals surface area (Å²) in [6.07, 6.45) is 0. The molecule has 0 spiro atoms. The van der Waals surface area contributed by atoms with E-state index in [2.05, 4.69) is 225 Å². The Balaban J connectivity index is 1.14. The number of benzene rings is 11. The molecule has 0 aromatic heterocycles. The molecule has 0 unspecified atom stereocenters. The van der Waals surface area contributed by atoms with E-state index in [-0.39, 0.29) is 0 Å². The number of hydrogen-bond acceptors (Lipinski definition) is 0. The molecule has 1 aliphatic heterocycles. The van der Waals surface area contributed by atoms with Gasteiger partial charge in [-0.3, -0.25) is 0 Å². The minimum absolute atomic E-state index is 1.11. The first kappa shape index (κ1) is 35.9. The molecule has 0 bridgehead atoms. The summed E-state index contributed by atoms with van der Waals surface area (Å²) >= 11 is 0. The predicted octanol–water partition coefficient (Wildman–Crippen LogP) is 15.7. The molecule has 12 aromatic rings. The van der Waals surface area contributed by atoms with Crippen LogP contribution in [-0.4, -0.2) is 8.07 Å². The van der Waals surface area contributed by atoms with Crippen molar-refractivity contribution in [1.82, 2.24) is 0 Å². The SMILES string of the molecule is C[Si]1(C)c2cc(-c3ccc4ccccc4c3)ccc2-c2cc3c(-c4cc5ccc#cc5c5ccccc45)c4ccc(-c5ccc6ccccc6c5)cc4c(-c4ccccc4)c3cc21. The van der Waals surface area contributed by atoms with Crippen LogP contribution in [0.15, 0.2) is 206 Å². The lowest BCUT2D eigenvalue weighted by molar-refractivity contribution is 1.65. The van der Waals surface area contributed by atoms with Crippen LogP contribution in [0.5, 0.6) is 0 Å². The quantitative estimate of drug-likeness (QED) is 0.123. The third-order valence-electron chi connectivity index (χ3n) is 14.0. The van der Waals surface area contributed by atoms with Crippen LogP contribution in [0.2, 0.25) is 13.1 Å². The van der Waals surface area contributed by atoms with Gasteiger partial charge in [0.25, 0.3) is 0 Å². The number of rotatable bonds is 4. The molecule has 292 valence electrons. The van der Waals surface area contributed by atoms with Gasteiger partial charge in [-0.05, 0) is 168 Å². The lowest BCUT2D eigenvalue weighted by Gasteiger charge is -2.23. The largest absolute Gasteiger partial charge is 0.113 e. The van der Waals surface area contributed by atoms with Crippen LogP contribution < -0.4 is 10.4 Å². The van der Waals surface area contributed by atoms with E-state index in [1.165, 1.54) is 125 Å². The number of fused-ring (bicyclic) bond motifs is 10. The number of hydrogen-bond donors (Lipinski definition) is 0. The molecule has 0 atom stereocenters. The van der Waals surface area contributed by atoms with Crippen LogP contribution in [0.1, 0.15) is 0 Å². The van der Waals surface area contributed by atoms with Gasteiger partial charge in [0.15, 0.2) is 0 Å². The van der Waals surface area contributed by atoms with E-state index in [1.807, 2.05) is 6.07 Å². The lowest BCUT2D eigenvalue weighted by Crippen LogP contribution is -2.49. The normalized spacial score (nSPS) is 12.9. The molecule has 0 N–H and O–H groups in total. The summed E-state index contributed by atoms with van der Waals surface area (Å²) in [6.45, 7) is 5.11. The minimum atomic E-state index is -2.18. The molecule has 0 aliphatic carbocycles. The van der Waals surface area contributed by atoms with Gasteiger partial charge < -0.3 is 0 Å². The molecule has 0 radical (unpaired) electrons. The van der Waals surface area contributed by atoms with Crippen molar-refractivity contribution in [2.45, 2.75) is 13.1 Å². The highest BCUT2D eigenvalue weighted by molar-refractivity contribution is 7.04. The van der Waals surface area contributed by atoms with Crippen molar-refractivity contribution in [2.75, 3.05) is 0 Å². The third-order valence-corrected chi connectivity index (χ3v) is 17.5. The predicted molar refractivity (Wildman–Crippen MR) is 273 cm³/mol. The van der Waals surface area contributed by atoms with E-state index in [1.54, 1.807) is 0 Å². The summed E-state index contributed by atoms with van der Waals surface area (Å²) in [5, 5.41) is 17.9. The summed E-state index contributed by atoms with van der Waals surface area (Å²) in [5.41, 5.74) is 12.8. The first-order valence-corrected chi connectivity index (χ1v) is 25.0. The first-order valence-electron chi connectivity index (χ1n) is 22.0. The maximum Gasteiger partial charge on any atom is 0.113 e. The van der Waals surface area contributed by atoms with E-state index >= 15 is 0 Å². The van der Waals surface area contributed by atoms with E-state index in [9.17, 15) is 0 Å². The van der Waals surface area contributed by atoms with Crippen LogP contribution in [0.3, 0.4) is 0 Å². The molecule has 0 saturated heterocycles. The summed E-state index contributed by atoms with van der Waals surface area (Å²) in [5.74, 6) is 0. The van der Waals surface area contributed by atoms with Crippen LogP contribution in [0.25, 0.3) is 120 Å². The van der Waals surface area contributed by atoms with E-state index in [0.29, 0.717) is 0 Å². The van der Waals surface area contributed by atoms with Gasteiger partial charge >= 0.3 is 0 Å². The molecule has 1 heterocycles. The highest BCUT2D eigenvalue weighted by atomic mass is 28.3. The average molecular weight is 813 g/mol. The highest BCUT2D eigenvalue weighted by Gasteiger charge is 2.38. The smallest absolute Gasteiger partial charge is 0.0695 e. The van der Waals surface area contributed by atoms with E-state index in [0.717, 1.165) is 5.39 Å². The molecule has 1 aliphatic rings. The standard InChI is InChI=1S/C62H40Si/c1-63(2)59-36-47(45-27-25-40-15-7-9-19-43(40)33-45)28-30-52(59)54-37-57-58(38-60(54)63)61(41-16-4-3-5-17-41)56-34-46(44-26-24-39-14-6-8-18-42(39)32-44)29-31-53(56)62(57)55-35-48-20-10-11-21-49(48)50-22-12-13-23-51(50)55/h3-10,12-20,22-38H,1-2H3. The summed E-state index contributed by atoms with van der Waals surface area (Å²) in [6, 6.07) is 84.1. The maximum absolute atomic E-state index is 3.47. The fourth-order valence-corrected chi connectivity index (χ4v) is 14.0. The summed E-state index contributed by atoms with van der Waals surface area (Å²) < 4.78 is 0. The van der Waals surface area contributed by atoms with Gasteiger partial charge in [0.1, 0.15) is 8.07 Å². The highest BCUT2D eigenvalue weighted by Crippen LogP contribution is 2.49. The molecule has 1 heteroatoms. The Bertz CT molecular complexity index is 3870. The fraction of sp³-hybridized carbons (Fsp3) is 0.0323. The molecular formula is C62H40Si. The summed E-state index contributed by atoms with van der Waals surface area (Å²) in [7, 11) is -2.18. The maximum atomic E-state index is 3.47. The second-order valence-corrected chi connectivity index (χ2v) is 22.2. The Labute approximate surface area is 368 Å². The van der Waals surface area contributed by atoms with Crippen molar-refractivity contribution in [1.29, 1.82) is 0 Å². The van der Waals surface area contributed by atoms with E-state index in [4.69, 9.17) is 0 Å². The molecule has 13 rings (SSSR count). The molecule has 0 fully saturated rings. The van der Waals surface area contributed by atoms with Gasteiger partial charge in [-0.1, -0.05) is 189 Å². The molecule has 0 amide bonds. The minimum Gasteiger partial charge on any atom is -0.0695 e. The lowest BCUT2D eigenvalue weighted by atomic mass is 9.82. The van der Waals surface area contributed by atoms with Crippen molar-refractivity contribution >= 4 is 83.1 Å². The van der Waals surface area contributed by atoms with Gasteiger partial charge in [0.05, 0.1) is 0 Å². The van der Waals surface area contributed by atoms with Crippen molar-refractivity contribution in [2.24, 2.45) is 0 Å². The molecule has 0 nitrogen and oxygen atoms in total. The van der Waals surface area contributed by atoms with Crippen molar-refractivity contribution in [3.05, 3.63) is 218 Å². The fourth-order valence-electron chi connectivity index (χ4n) is 10.9. The van der Waals surface area contributed by atoms with Crippen LogP contribution in [-0.2, 0) is 0 Å².